The molecule has 0 amide bonds. The molecule has 1 aromatic rings. The fourth-order valence-electron chi connectivity index (χ4n) is 3.34. The van der Waals surface area contributed by atoms with Crippen LogP contribution in [0.2, 0.25) is 0 Å². The lowest BCUT2D eigenvalue weighted by Crippen LogP contribution is -2.51. The predicted molar refractivity (Wildman–Crippen MR) is 105 cm³/mol. The average molecular weight is 466 g/mol. The Morgan fingerprint density at radius 2 is 2.23 bits per heavy atom. The summed E-state index contributed by atoms with van der Waals surface area (Å²) in [5.74, 6) is 0. The Bertz CT molecular complexity index is 612. The van der Waals surface area contributed by atoms with Gasteiger partial charge in [0.2, 0.25) is 0 Å². The molecule has 2 aliphatic heterocycles. The van der Waals surface area contributed by atoms with Crippen molar-refractivity contribution in [2.24, 2.45) is 0 Å². The molecule has 3 rings (SSSR count). The number of hydrogen-bond acceptors (Lipinski definition) is 3. The summed E-state index contributed by atoms with van der Waals surface area (Å²) in [6, 6.07) is 4.29. The maximum atomic E-state index is 10.4. The molecule has 1 fully saturated rings. The van der Waals surface area contributed by atoms with Gasteiger partial charge in [-0.2, -0.15) is 0 Å². The monoisotopic (exact) mass is 464 g/mol. The third kappa shape index (κ3) is 3.28. The molecule has 0 radical (unpaired) electrons. The minimum Gasteiger partial charge on any atom is -0.387 e. The van der Waals surface area contributed by atoms with E-state index in [1.54, 1.807) is 23.1 Å². The zero-order chi connectivity index (χ0) is 16.0. The molecule has 2 nitrogen and oxygen atoms in total. The van der Waals surface area contributed by atoms with Gasteiger partial charge in [0, 0.05) is 16.9 Å². The minimum atomic E-state index is -0.266. The lowest BCUT2D eigenvalue weighted by molar-refractivity contribution is -0.892. The third-order valence-corrected chi connectivity index (χ3v) is 9.45. The van der Waals surface area contributed by atoms with E-state index in [0.717, 1.165) is 24.0 Å². The van der Waals surface area contributed by atoms with Crippen molar-refractivity contribution in [1.82, 2.24) is 0 Å². The molecule has 22 heavy (non-hydrogen) atoms. The molecular weight excluding hydrogens is 446 g/mol. The van der Waals surface area contributed by atoms with Crippen molar-refractivity contribution in [3.63, 3.8) is 0 Å². The first-order valence-electron chi connectivity index (χ1n) is 7.26. The van der Waals surface area contributed by atoms with Crippen molar-refractivity contribution in [1.29, 1.82) is 0 Å². The summed E-state index contributed by atoms with van der Waals surface area (Å²) in [5.41, 5.74) is 2.70. The summed E-state index contributed by atoms with van der Waals surface area (Å²) >= 11 is 11.4. The van der Waals surface area contributed by atoms with E-state index in [2.05, 4.69) is 75.0 Å². The van der Waals surface area contributed by atoms with Crippen LogP contribution in [0.5, 0.6) is 0 Å². The SMILES string of the molecule is C[N+]1(C)C/C(=C(/c2cccs2)C2(Br)SC=CC2Br)CC(O)C1. The number of likely N-dealkylation sites (tertiary alicyclic amines) is 1. The van der Waals surface area contributed by atoms with Crippen LogP contribution in [0.25, 0.3) is 5.57 Å². The van der Waals surface area contributed by atoms with Crippen LogP contribution in [0.4, 0.5) is 0 Å². The molecule has 1 aromatic heterocycles. The van der Waals surface area contributed by atoms with E-state index in [-0.39, 0.29) is 14.6 Å². The molecule has 0 aliphatic carbocycles. The Labute approximate surface area is 157 Å². The Balaban J connectivity index is 2.12. The molecule has 120 valence electrons. The van der Waals surface area contributed by atoms with Gasteiger partial charge in [-0.05, 0) is 22.4 Å². The van der Waals surface area contributed by atoms with Crippen LogP contribution >= 0.6 is 55.0 Å². The molecule has 3 heterocycles. The topological polar surface area (TPSA) is 20.2 Å². The maximum Gasteiger partial charge on any atom is 0.117 e. The van der Waals surface area contributed by atoms with Gasteiger partial charge >= 0.3 is 0 Å². The first-order chi connectivity index (χ1) is 10.3. The van der Waals surface area contributed by atoms with Gasteiger partial charge in [0.05, 0.1) is 18.9 Å². The van der Waals surface area contributed by atoms with Crippen LogP contribution in [-0.2, 0) is 0 Å². The number of nitrogens with zero attached hydrogens (tertiary/aromatic N) is 1. The first-order valence-corrected chi connectivity index (χ1v) is 10.7. The number of rotatable bonds is 2. The summed E-state index contributed by atoms with van der Waals surface area (Å²) in [6.45, 7) is 1.80. The van der Waals surface area contributed by atoms with Gasteiger partial charge in [-0.3, -0.25) is 0 Å². The molecule has 0 bridgehead atoms. The molecule has 0 saturated carbocycles. The number of likely N-dealkylation sites (N-methyl/N-ethyl adjacent to an activating group) is 1. The molecular formula is C16H20Br2NOS2+. The highest BCUT2D eigenvalue weighted by atomic mass is 79.9. The first kappa shape index (κ1) is 17.2. The quantitative estimate of drug-likeness (QED) is 0.514. The fourth-order valence-corrected chi connectivity index (χ4v) is 7.32. The van der Waals surface area contributed by atoms with E-state index in [0.29, 0.717) is 0 Å². The zero-order valence-corrected chi connectivity index (χ0v) is 17.4. The average Bonchev–Trinajstić information content (AvgIpc) is 3.00. The van der Waals surface area contributed by atoms with Crippen molar-refractivity contribution in [2.75, 3.05) is 27.2 Å². The highest BCUT2D eigenvalue weighted by Gasteiger charge is 2.45. The van der Waals surface area contributed by atoms with Crippen LogP contribution in [0.15, 0.2) is 34.6 Å². The number of alkyl halides is 2. The number of aliphatic hydroxyl groups excluding tert-OH is 1. The summed E-state index contributed by atoms with van der Waals surface area (Å²) in [7, 11) is 4.39. The van der Waals surface area contributed by atoms with E-state index in [9.17, 15) is 5.11 Å². The Morgan fingerprint density at radius 1 is 1.45 bits per heavy atom. The van der Waals surface area contributed by atoms with Gasteiger partial charge < -0.3 is 9.59 Å². The number of quaternary nitrogens is 1. The van der Waals surface area contributed by atoms with Crippen LogP contribution < -0.4 is 0 Å². The number of hydrogen-bond donors (Lipinski definition) is 1. The van der Waals surface area contributed by atoms with Gasteiger partial charge in [-0.15, -0.1) is 23.1 Å². The van der Waals surface area contributed by atoms with Crippen molar-refractivity contribution in [3.05, 3.63) is 39.4 Å². The maximum absolute atomic E-state index is 10.4. The second kappa shape index (κ2) is 6.37. The van der Waals surface area contributed by atoms with Gasteiger partial charge in [0.15, 0.2) is 0 Å². The molecule has 1 N–H and O–H groups in total. The Hall–Kier alpha value is 0.410. The van der Waals surface area contributed by atoms with E-state index in [4.69, 9.17) is 0 Å². The molecule has 0 spiro atoms. The van der Waals surface area contributed by atoms with Gasteiger partial charge in [0.25, 0.3) is 0 Å². The normalized spacial score (nSPS) is 36.6. The highest BCUT2D eigenvalue weighted by molar-refractivity contribution is 9.14. The molecule has 0 aromatic carbocycles. The summed E-state index contributed by atoms with van der Waals surface area (Å²) in [4.78, 5) is 1.53. The molecule has 3 unspecified atom stereocenters. The van der Waals surface area contributed by atoms with E-state index in [1.165, 1.54) is 16.0 Å². The van der Waals surface area contributed by atoms with E-state index < -0.39 is 0 Å². The number of aliphatic hydroxyl groups is 1. The summed E-state index contributed by atoms with van der Waals surface area (Å²) in [6.07, 6.45) is 2.69. The number of piperidine rings is 1. The molecule has 6 heteroatoms. The zero-order valence-electron chi connectivity index (χ0n) is 12.6. The standard InChI is InChI=1S/C16H20Br2NOS2/c1-19(2)9-11(8-12(20)10-19)15(13-4-3-6-21-13)16(18)14(17)5-7-22-16/h3-7,12,14,20H,8-10H2,1-2H3/q+1/b15-11-. The van der Waals surface area contributed by atoms with Gasteiger partial charge in [0.1, 0.15) is 22.8 Å². The van der Waals surface area contributed by atoms with Crippen LogP contribution in [0, 0.1) is 0 Å². The van der Waals surface area contributed by atoms with E-state index >= 15 is 0 Å². The lowest BCUT2D eigenvalue weighted by Gasteiger charge is -2.40. The van der Waals surface area contributed by atoms with Crippen LogP contribution in [0.1, 0.15) is 11.3 Å². The second-order valence-electron chi connectivity index (χ2n) is 6.58. The van der Waals surface area contributed by atoms with Gasteiger partial charge in [-0.25, -0.2) is 0 Å². The lowest BCUT2D eigenvalue weighted by atomic mass is 9.92. The second-order valence-corrected chi connectivity index (χ2v) is 11.4. The Morgan fingerprint density at radius 3 is 2.77 bits per heavy atom. The van der Waals surface area contributed by atoms with Crippen LogP contribution in [-0.4, -0.2) is 51.4 Å². The van der Waals surface area contributed by atoms with E-state index in [1.807, 2.05) is 0 Å². The third-order valence-electron chi connectivity index (χ3n) is 4.11. The number of allylic oxidation sites excluding steroid dienone is 1. The van der Waals surface area contributed by atoms with Crippen molar-refractivity contribution >= 4 is 60.5 Å². The highest BCUT2D eigenvalue weighted by Crippen LogP contribution is 2.56. The number of thioether (sulfide) groups is 1. The Kier molecular flexibility index (Phi) is 4.99. The summed E-state index contributed by atoms with van der Waals surface area (Å²) < 4.78 is 0.643. The smallest absolute Gasteiger partial charge is 0.117 e. The molecule has 2 aliphatic rings. The van der Waals surface area contributed by atoms with Crippen LogP contribution in [0.3, 0.4) is 0 Å². The van der Waals surface area contributed by atoms with Crippen molar-refractivity contribution < 1.29 is 9.59 Å². The predicted octanol–water partition coefficient (Wildman–Crippen LogP) is 4.46. The molecule has 3 atom stereocenters. The minimum absolute atomic E-state index is 0.190. The summed E-state index contributed by atoms with van der Waals surface area (Å²) in [5, 5.41) is 14.6. The molecule has 1 saturated heterocycles. The fraction of sp³-hybridized carbons (Fsp3) is 0.500. The largest absolute Gasteiger partial charge is 0.387 e. The van der Waals surface area contributed by atoms with Crippen molar-refractivity contribution in [2.45, 2.75) is 21.0 Å². The van der Waals surface area contributed by atoms with Gasteiger partial charge in [-0.1, -0.05) is 44.0 Å². The number of thiophene rings is 1. The number of halogens is 2. The van der Waals surface area contributed by atoms with Crippen molar-refractivity contribution in [3.8, 4) is 0 Å².